The zero-order valence-electron chi connectivity index (χ0n) is 9.96. The Balaban J connectivity index is 2.17. The molecule has 2 atom stereocenters. The quantitative estimate of drug-likeness (QED) is 0.920. The molecule has 1 aromatic rings. The molecule has 1 saturated heterocycles. The monoisotopic (exact) mass is 280 g/mol. The summed E-state index contributed by atoms with van der Waals surface area (Å²) < 4.78 is 43.1. The molecule has 0 spiro atoms. The van der Waals surface area contributed by atoms with Gasteiger partial charge in [0.15, 0.2) is 5.01 Å². The summed E-state index contributed by atoms with van der Waals surface area (Å²) in [5, 5.41) is 2.39. The number of rotatable bonds is 4. The molecule has 18 heavy (non-hydrogen) atoms. The summed E-state index contributed by atoms with van der Waals surface area (Å²) >= 11 is 0.696. The van der Waals surface area contributed by atoms with E-state index in [1.165, 1.54) is 6.20 Å². The highest BCUT2D eigenvalue weighted by molar-refractivity contribution is 7.11. The third kappa shape index (κ3) is 3.02. The first-order chi connectivity index (χ1) is 8.52. The number of nitrogens with zero attached hydrogens (tertiary/aromatic N) is 1. The number of thiazole rings is 1. The summed E-state index contributed by atoms with van der Waals surface area (Å²) in [6, 6.07) is -0.189. The largest absolute Gasteiger partial charge is 0.443 e. The summed E-state index contributed by atoms with van der Waals surface area (Å²) in [5.41, 5.74) is 0. The van der Waals surface area contributed by atoms with Crippen LogP contribution in [0.1, 0.15) is 35.7 Å². The second-order valence-electron chi connectivity index (χ2n) is 4.15. The van der Waals surface area contributed by atoms with Gasteiger partial charge in [-0.05, 0) is 19.4 Å². The lowest BCUT2D eigenvalue weighted by atomic mass is 10.1. The number of hydrogen-bond donors (Lipinski definition) is 1. The first-order valence-electron chi connectivity index (χ1n) is 5.90. The Morgan fingerprint density at radius 1 is 1.61 bits per heavy atom. The molecule has 0 amide bonds. The fourth-order valence-electron chi connectivity index (χ4n) is 2.06. The van der Waals surface area contributed by atoms with Crippen molar-refractivity contribution in [2.75, 3.05) is 13.2 Å². The highest BCUT2D eigenvalue weighted by Crippen LogP contribution is 2.36. The smallest absolute Gasteiger partial charge is 0.376 e. The molecule has 2 unspecified atom stereocenters. The van der Waals surface area contributed by atoms with Gasteiger partial charge in [-0.3, -0.25) is 0 Å². The van der Waals surface area contributed by atoms with Gasteiger partial charge in [0.25, 0.3) is 0 Å². The fourth-order valence-corrected chi connectivity index (χ4v) is 2.97. The summed E-state index contributed by atoms with van der Waals surface area (Å²) in [5.74, 6) is 0. The average molecular weight is 280 g/mol. The van der Waals surface area contributed by atoms with Crippen molar-refractivity contribution in [3.63, 3.8) is 0 Å². The first-order valence-corrected chi connectivity index (χ1v) is 6.72. The van der Waals surface area contributed by atoms with Gasteiger partial charge in [0.2, 0.25) is 0 Å². The van der Waals surface area contributed by atoms with Gasteiger partial charge in [-0.1, -0.05) is 6.92 Å². The van der Waals surface area contributed by atoms with Crippen LogP contribution >= 0.6 is 11.3 Å². The van der Waals surface area contributed by atoms with Crippen LogP contribution in [-0.2, 0) is 10.9 Å². The van der Waals surface area contributed by atoms with Crippen molar-refractivity contribution in [3.05, 3.63) is 16.1 Å². The summed E-state index contributed by atoms with van der Waals surface area (Å²) in [6.07, 6.45) is -1.28. The van der Waals surface area contributed by atoms with Gasteiger partial charge in [-0.15, -0.1) is 11.3 Å². The minimum absolute atomic E-state index is 0.0496. The van der Waals surface area contributed by atoms with Gasteiger partial charge in [0, 0.05) is 17.7 Å². The van der Waals surface area contributed by atoms with Crippen molar-refractivity contribution < 1.29 is 17.9 Å². The molecule has 0 aliphatic carbocycles. The van der Waals surface area contributed by atoms with Crippen molar-refractivity contribution in [1.82, 2.24) is 10.3 Å². The van der Waals surface area contributed by atoms with Crippen molar-refractivity contribution in [3.8, 4) is 0 Å². The standard InChI is InChI=1S/C11H15F3N2OS/c1-2-15-9(7-4-3-5-17-7)8-6-16-10(18-8)11(12,13)14/h6-7,9,15H,2-5H2,1H3. The van der Waals surface area contributed by atoms with Gasteiger partial charge in [-0.2, -0.15) is 13.2 Å². The molecule has 1 N–H and O–H groups in total. The Bertz CT molecular complexity index is 388. The number of halogens is 3. The van der Waals surface area contributed by atoms with E-state index in [0.717, 1.165) is 12.8 Å². The minimum atomic E-state index is -4.36. The molecule has 0 bridgehead atoms. The number of hydrogen-bond acceptors (Lipinski definition) is 4. The number of ether oxygens (including phenoxy) is 1. The second-order valence-corrected chi connectivity index (χ2v) is 5.21. The molecule has 1 aromatic heterocycles. The number of alkyl halides is 3. The average Bonchev–Trinajstić information content (AvgIpc) is 2.96. The topological polar surface area (TPSA) is 34.2 Å². The summed E-state index contributed by atoms with van der Waals surface area (Å²) in [6.45, 7) is 3.29. The Labute approximate surface area is 107 Å². The van der Waals surface area contributed by atoms with Gasteiger partial charge in [0.1, 0.15) is 0 Å². The minimum Gasteiger partial charge on any atom is -0.376 e. The number of nitrogens with one attached hydrogen (secondary N) is 1. The van der Waals surface area contributed by atoms with E-state index in [1.54, 1.807) is 0 Å². The van der Waals surface area contributed by atoms with Crippen LogP contribution in [0.15, 0.2) is 6.20 Å². The van der Waals surface area contributed by atoms with E-state index in [2.05, 4.69) is 10.3 Å². The van der Waals surface area contributed by atoms with Gasteiger partial charge < -0.3 is 10.1 Å². The van der Waals surface area contributed by atoms with Crippen molar-refractivity contribution >= 4 is 11.3 Å². The molecule has 102 valence electrons. The number of aromatic nitrogens is 1. The first kappa shape index (κ1) is 13.8. The van der Waals surface area contributed by atoms with Crippen LogP contribution in [0.25, 0.3) is 0 Å². The van der Waals surface area contributed by atoms with Gasteiger partial charge in [-0.25, -0.2) is 4.98 Å². The SMILES string of the molecule is CCNC(c1cnc(C(F)(F)F)s1)C1CCCO1. The lowest BCUT2D eigenvalue weighted by molar-refractivity contribution is -0.137. The molecule has 2 rings (SSSR count). The molecular formula is C11H15F3N2OS. The maximum absolute atomic E-state index is 12.5. The molecule has 1 aliphatic heterocycles. The summed E-state index contributed by atoms with van der Waals surface area (Å²) in [4.78, 5) is 4.05. The van der Waals surface area contributed by atoms with E-state index < -0.39 is 11.2 Å². The third-order valence-electron chi connectivity index (χ3n) is 2.83. The van der Waals surface area contributed by atoms with Crippen molar-refractivity contribution in [1.29, 1.82) is 0 Å². The van der Waals surface area contributed by atoms with Crippen LogP contribution in [0.3, 0.4) is 0 Å². The molecule has 3 nitrogen and oxygen atoms in total. The van der Waals surface area contributed by atoms with Crippen LogP contribution in [0.4, 0.5) is 13.2 Å². The fraction of sp³-hybridized carbons (Fsp3) is 0.727. The van der Waals surface area contributed by atoms with E-state index in [-0.39, 0.29) is 12.1 Å². The highest BCUT2D eigenvalue weighted by atomic mass is 32.1. The maximum Gasteiger partial charge on any atom is 0.443 e. The predicted octanol–water partition coefficient (Wildman–Crippen LogP) is 2.99. The van der Waals surface area contributed by atoms with E-state index in [1.807, 2.05) is 6.92 Å². The van der Waals surface area contributed by atoms with Crippen LogP contribution in [0.2, 0.25) is 0 Å². The van der Waals surface area contributed by atoms with E-state index in [4.69, 9.17) is 4.74 Å². The molecule has 2 heterocycles. The molecule has 7 heteroatoms. The van der Waals surface area contributed by atoms with Gasteiger partial charge in [0.05, 0.1) is 12.1 Å². The van der Waals surface area contributed by atoms with Crippen LogP contribution in [0.5, 0.6) is 0 Å². The second kappa shape index (κ2) is 5.54. The highest BCUT2D eigenvalue weighted by Gasteiger charge is 2.36. The van der Waals surface area contributed by atoms with Crippen molar-refractivity contribution in [2.24, 2.45) is 0 Å². The van der Waals surface area contributed by atoms with Gasteiger partial charge >= 0.3 is 6.18 Å². The molecule has 1 fully saturated rings. The Hall–Kier alpha value is -0.660. The predicted molar refractivity (Wildman–Crippen MR) is 62.5 cm³/mol. The van der Waals surface area contributed by atoms with E-state index in [0.29, 0.717) is 29.4 Å². The Morgan fingerprint density at radius 3 is 2.89 bits per heavy atom. The molecular weight excluding hydrogens is 265 g/mol. The zero-order chi connectivity index (χ0) is 13.2. The van der Waals surface area contributed by atoms with Crippen molar-refractivity contribution in [2.45, 2.75) is 38.1 Å². The van der Waals surface area contributed by atoms with Crippen LogP contribution in [-0.4, -0.2) is 24.2 Å². The molecule has 1 aliphatic rings. The lowest BCUT2D eigenvalue weighted by Crippen LogP contribution is -2.30. The van der Waals surface area contributed by atoms with Crippen LogP contribution in [0, 0.1) is 0 Å². The van der Waals surface area contributed by atoms with E-state index in [9.17, 15) is 13.2 Å². The molecule has 0 saturated carbocycles. The maximum atomic E-state index is 12.5. The van der Waals surface area contributed by atoms with Crippen LogP contribution < -0.4 is 5.32 Å². The third-order valence-corrected chi connectivity index (χ3v) is 3.96. The zero-order valence-corrected chi connectivity index (χ0v) is 10.8. The van der Waals surface area contributed by atoms with E-state index >= 15 is 0 Å². The normalized spacial score (nSPS) is 22.3. The lowest BCUT2D eigenvalue weighted by Gasteiger charge is -2.22. The Kier molecular flexibility index (Phi) is 4.24. The Morgan fingerprint density at radius 2 is 2.39 bits per heavy atom. The summed E-state index contributed by atoms with van der Waals surface area (Å²) in [7, 11) is 0. The molecule has 0 aromatic carbocycles. The number of likely N-dealkylation sites (N-methyl/N-ethyl adjacent to an activating group) is 1. The molecule has 0 radical (unpaired) electrons.